The van der Waals surface area contributed by atoms with Crippen molar-refractivity contribution in [1.29, 1.82) is 0 Å². The third-order valence-corrected chi connectivity index (χ3v) is 5.13. The van der Waals surface area contributed by atoms with Gasteiger partial charge >= 0.3 is 0 Å². The molecule has 1 saturated heterocycles. The summed E-state index contributed by atoms with van der Waals surface area (Å²) in [6, 6.07) is 14.8. The summed E-state index contributed by atoms with van der Waals surface area (Å²) in [4.78, 5) is 3.78. The van der Waals surface area contributed by atoms with Crippen molar-refractivity contribution in [3.63, 3.8) is 0 Å². The molecule has 0 spiro atoms. The molecule has 0 unspecified atom stereocenters. The number of nitrogens with one attached hydrogen (secondary N) is 2. The van der Waals surface area contributed by atoms with Crippen LogP contribution in [0.4, 0.5) is 4.39 Å². The number of methoxy groups -OCH3 is 1. The molecule has 138 valence electrons. The van der Waals surface area contributed by atoms with Crippen LogP contribution in [0.3, 0.4) is 0 Å². The van der Waals surface area contributed by atoms with Gasteiger partial charge in [0.15, 0.2) is 5.11 Å². The zero-order valence-electron chi connectivity index (χ0n) is 15.0. The van der Waals surface area contributed by atoms with E-state index >= 15 is 0 Å². The van der Waals surface area contributed by atoms with Gasteiger partial charge in [0.2, 0.25) is 0 Å². The number of hydrogen-bond donors (Lipinski definition) is 2. The summed E-state index contributed by atoms with van der Waals surface area (Å²) in [5.74, 6) is 0.679. The Kier molecular flexibility index (Phi) is 6.41. The van der Waals surface area contributed by atoms with Crippen molar-refractivity contribution < 1.29 is 14.0 Å². The third-order valence-electron chi connectivity index (χ3n) is 4.73. The fourth-order valence-corrected chi connectivity index (χ4v) is 3.38. The Morgan fingerprint density at radius 1 is 1.08 bits per heavy atom. The van der Waals surface area contributed by atoms with Crippen LogP contribution in [0.1, 0.15) is 11.1 Å². The van der Waals surface area contributed by atoms with Crippen LogP contribution in [0.2, 0.25) is 0 Å². The van der Waals surface area contributed by atoms with E-state index in [4.69, 9.17) is 17.0 Å². The lowest BCUT2D eigenvalue weighted by atomic mass is 10.2. The Morgan fingerprint density at radius 3 is 2.31 bits per heavy atom. The zero-order chi connectivity index (χ0) is 18.4. The second-order valence-corrected chi connectivity index (χ2v) is 6.93. The van der Waals surface area contributed by atoms with Gasteiger partial charge in [0, 0.05) is 12.1 Å². The first-order chi connectivity index (χ1) is 12.6. The third kappa shape index (κ3) is 5.16. The van der Waals surface area contributed by atoms with Crippen molar-refractivity contribution in [2.45, 2.75) is 13.1 Å². The SMILES string of the molecule is COc1ccc(C[NH+]2CCN(C(=S)NCc3ccc(F)cc3)CC2)cc1. The van der Waals surface area contributed by atoms with Crippen molar-refractivity contribution in [2.75, 3.05) is 33.3 Å². The second kappa shape index (κ2) is 8.96. The molecule has 1 aliphatic heterocycles. The van der Waals surface area contributed by atoms with Gasteiger partial charge in [0.05, 0.1) is 33.3 Å². The maximum absolute atomic E-state index is 12.9. The van der Waals surface area contributed by atoms with Gasteiger partial charge < -0.3 is 19.9 Å². The minimum atomic E-state index is -0.215. The van der Waals surface area contributed by atoms with Crippen LogP contribution in [0.25, 0.3) is 0 Å². The first-order valence-electron chi connectivity index (χ1n) is 8.88. The smallest absolute Gasteiger partial charge is 0.169 e. The summed E-state index contributed by atoms with van der Waals surface area (Å²) >= 11 is 5.51. The lowest BCUT2D eigenvalue weighted by Crippen LogP contribution is -3.13. The van der Waals surface area contributed by atoms with Crippen molar-refractivity contribution in [3.8, 4) is 5.75 Å². The highest BCUT2D eigenvalue weighted by Gasteiger charge is 2.21. The van der Waals surface area contributed by atoms with Crippen molar-refractivity contribution in [1.82, 2.24) is 10.2 Å². The summed E-state index contributed by atoms with van der Waals surface area (Å²) < 4.78 is 18.2. The van der Waals surface area contributed by atoms with Crippen LogP contribution in [-0.2, 0) is 13.1 Å². The standard InChI is InChI=1S/C20H24FN3OS/c1-25-19-8-4-17(5-9-19)15-23-10-12-24(13-11-23)20(26)22-14-16-2-6-18(21)7-3-16/h2-9H,10-15H2,1H3,(H,22,26)/p+1. The Labute approximate surface area is 159 Å². The maximum Gasteiger partial charge on any atom is 0.169 e. The number of rotatable bonds is 5. The number of quaternary nitrogens is 1. The molecule has 0 bridgehead atoms. The van der Waals surface area contributed by atoms with Gasteiger partial charge in [0.1, 0.15) is 18.1 Å². The van der Waals surface area contributed by atoms with E-state index in [1.165, 1.54) is 17.7 Å². The van der Waals surface area contributed by atoms with Crippen LogP contribution in [0.5, 0.6) is 5.75 Å². The Hall–Kier alpha value is -2.18. The second-order valence-electron chi connectivity index (χ2n) is 6.55. The molecule has 26 heavy (non-hydrogen) atoms. The number of ether oxygens (including phenoxy) is 1. The molecule has 1 fully saturated rings. The van der Waals surface area contributed by atoms with Gasteiger partial charge in [-0.15, -0.1) is 0 Å². The molecule has 0 saturated carbocycles. The Bertz CT molecular complexity index is 713. The predicted octanol–water partition coefficient (Wildman–Crippen LogP) is 1.61. The van der Waals surface area contributed by atoms with Gasteiger partial charge in [-0.25, -0.2) is 4.39 Å². The molecule has 6 heteroatoms. The van der Waals surface area contributed by atoms with E-state index in [-0.39, 0.29) is 5.82 Å². The van der Waals surface area contributed by atoms with Crippen molar-refractivity contribution in [3.05, 3.63) is 65.5 Å². The van der Waals surface area contributed by atoms with Crippen molar-refractivity contribution >= 4 is 17.3 Å². The normalized spacial score (nSPS) is 14.9. The molecule has 0 aromatic heterocycles. The highest BCUT2D eigenvalue weighted by molar-refractivity contribution is 7.80. The maximum atomic E-state index is 12.9. The van der Waals surface area contributed by atoms with Crippen LogP contribution in [-0.4, -0.2) is 43.3 Å². The van der Waals surface area contributed by atoms with Gasteiger partial charge in [-0.05, 0) is 54.2 Å². The molecule has 0 radical (unpaired) electrons. The van der Waals surface area contributed by atoms with E-state index in [0.29, 0.717) is 6.54 Å². The van der Waals surface area contributed by atoms with E-state index in [1.807, 2.05) is 12.1 Å². The Morgan fingerprint density at radius 2 is 1.69 bits per heavy atom. The van der Waals surface area contributed by atoms with Gasteiger partial charge in [-0.3, -0.25) is 0 Å². The number of piperazine rings is 1. The number of halogens is 1. The molecular weight excluding hydrogens is 349 g/mol. The fraction of sp³-hybridized carbons (Fsp3) is 0.350. The number of hydrogen-bond acceptors (Lipinski definition) is 2. The summed E-state index contributed by atoms with van der Waals surface area (Å²) in [6.45, 7) is 5.65. The zero-order valence-corrected chi connectivity index (χ0v) is 15.8. The van der Waals surface area contributed by atoms with E-state index in [9.17, 15) is 4.39 Å². The minimum Gasteiger partial charge on any atom is -0.497 e. The van der Waals surface area contributed by atoms with E-state index in [2.05, 4.69) is 22.3 Å². The van der Waals surface area contributed by atoms with Crippen LogP contribution >= 0.6 is 12.2 Å². The van der Waals surface area contributed by atoms with Crippen molar-refractivity contribution in [2.24, 2.45) is 0 Å². The fourth-order valence-electron chi connectivity index (χ4n) is 3.13. The van der Waals surface area contributed by atoms with Crippen LogP contribution in [0, 0.1) is 5.82 Å². The highest BCUT2D eigenvalue weighted by Crippen LogP contribution is 2.10. The number of thiocarbonyl (C=S) groups is 1. The highest BCUT2D eigenvalue weighted by atomic mass is 32.1. The Balaban J connectivity index is 1.42. The first kappa shape index (κ1) is 18.6. The first-order valence-corrected chi connectivity index (χ1v) is 9.28. The molecule has 2 aromatic carbocycles. The predicted molar refractivity (Wildman–Crippen MR) is 105 cm³/mol. The molecule has 0 aliphatic carbocycles. The van der Waals surface area contributed by atoms with Gasteiger partial charge in [-0.2, -0.15) is 0 Å². The quantitative estimate of drug-likeness (QED) is 0.778. The molecule has 1 aliphatic rings. The summed E-state index contributed by atoms with van der Waals surface area (Å²) in [7, 11) is 1.69. The summed E-state index contributed by atoms with van der Waals surface area (Å²) in [5, 5.41) is 4.05. The summed E-state index contributed by atoms with van der Waals surface area (Å²) in [6.07, 6.45) is 0. The average Bonchev–Trinajstić information content (AvgIpc) is 2.68. The van der Waals surface area contributed by atoms with E-state index < -0.39 is 0 Å². The lowest BCUT2D eigenvalue weighted by molar-refractivity contribution is -0.917. The van der Waals surface area contributed by atoms with Crippen LogP contribution in [0.15, 0.2) is 48.5 Å². The molecule has 0 amide bonds. The largest absolute Gasteiger partial charge is 0.497 e. The monoisotopic (exact) mass is 374 g/mol. The molecular formula is C20H25FN3OS+. The molecule has 2 N–H and O–H groups in total. The topological polar surface area (TPSA) is 28.9 Å². The number of nitrogens with zero attached hydrogens (tertiary/aromatic N) is 1. The summed E-state index contributed by atoms with van der Waals surface area (Å²) in [5.41, 5.74) is 2.35. The number of benzene rings is 2. The minimum absolute atomic E-state index is 0.215. The van der Waals surface area contributed by atoms with Gasteiger partial charge in [0.25, 0.3) is 0 Å². The van der Waals surface area contributed by atoms with E-state index in [1.54, 1.807) is 24.1 Å². The molecule has 1 heterocycles. The van der Waals surface area contributed by atoms with E-state index in [0.717, 1.165) is 49.1 Å². The molecule has 4 nitrogen and oxygen atoms in total. The van der Waals surface area contributed by atoms with Gasteiger partial charge in [-0.1, -0.05) is 12.1 Å². The molecule has 2 aromatic rings. The average molecular weight is 375 g/mol. The molecule has 0 atom stereocenters. The lowest BCUT2D eigenvalue weighted by Gasteiger charge is -2.34. The van der Waals surface area contributed by atoms with Crippen LogP contribution < -0.4 is 15.0 Å². The molecule has 3 rings (SSSR count).